The topological polar surface area (TPSA) is 83.3 Å². The average Bonchev–Trinajstić information content (AvgIpc) is 3.58. The molecule has 2 aromatic heterocycles. The van der Waals surface area contributed by atoms with Crippen LogP contribution in [0.4, 0.5) is 14.6 Å². The van der Waals surface area contributed by atoms with Crippen molar-refractivity contribution in [3.63, 3.8) is 0 Å². The molecule has 3 aromatic rings. The molecule has 1 aromatic carbocycles. The second kappa shape index (κ2) is 11.6. The van der Waals surface area contributed by atoms with Gasteiger partial charge in [0.25, 0.3) is 5.92 Å². The zero-order valence-corrected chi connectivity index (χ0v) is 21.5. The quantitative estimate of drug-likeness (QED) is 0.337. The van der Waals surface area contributed by atoms with Crippen LogP contribution in [-0.4, -0.2) is 56.3 Å². The van der Waals surface area contributed by atoms with Gasteiger partial charge in [-0.3, -0.25) is 14.4 Å². The minimum atomic E-state index is -2.84. The molecule has 9 heteroatoms. The Morgan fingerprint density at radius 3 is 2.82 bits per heavy atom. The van der Waals surface area contributed by atoms with Crippen molar-refractivity contribution < 1.29 is 18.7 Å². The molecule has 2 N–H and O–H groups in total. The van der Waals surface area contributed by atoms with E-state index in [1.165, 1.54) is 5.56 Å². The van der Waals surface area contributed by atoms with Crippen molar-refractivity contribution in [2.75, 3.05) is 25.0 Å². The lowest BCUT2D eigenvalue weighted by Gasteiger charge is -2.26. The Hall–Kier alpha value is -3.33. The van der Waals surface area contributed by atoms with Crippen molar-refractivity contribution in [3.8, 4) is 0 Å². The van der Waals surface area contributed by atoms with Crippen molar-refractivity contribution in [1.82, 2.24) is 19.7 Å². The van der Waals surface area contributed by atoms with E-state index in [4.69, 9.17) is 0 Å². The number of nitrogens with one attached hydrogen (secondary N) is 1. The van der Waals surface area contributed by atoms with Crippen LogP contribution in [0.25, 0.3) is 0 Å². The van der Waals surface area contributed by atoms with E-state index in [0.29, 0.717) is 38.0 Å². The molecule has 2 aliphatic rings. The number of fused-ring (bicyclic) bond motifs is 1. The minimum absolute atomic E-state index is 0.0492. The van der Waals surface area contributed by atoms with Gasteiger partial charge >= 0.3 is 5.97 Å². The van der Waals surface area contributed by atoms with Gasteiger partial charge in [-0.15, -0.1) is 0 Å². The van der Waals surface area contributed by atoms with Crippen LogP contribution in [0.5, 0.6) is 0 Å². The first-order valence-corrected chi connectivity index (χ1v) is 13.5. The largest absolute Gasteiger partial charge is 0.480 e. The lowest BCUT2D eigenvalue weighted by Crippen LogP contribution is -2.36. The van der Waals surface area contributed by atoms with Gasteiger partial charge in [0, 0.05) is 37.3 Å². The van der Waals surface area contributed by atoms with E-state index < -0.39 is 23.9 Å². The number of benzene rings is 1. The Bertz CT molecular complexity index is 1230. The summed E-state index contributed by atoms with van der Waals surface area (Å²) in [4.78, 5) is 18.5. The molecular weight excluding hydrogens is 488 g/mol. The lowest BCUT2D eigenvalue weighted by atomic mass is 9.95. The number of hydrogen-bond donors (Lipinski definition) is 2. The number of alkyl halides is 2. The molecule has 0 spiro atoms. The minimum Gasteiger partial charge on any atom is -0.480 e. The number of pyridine rings is 1. The van der Waals surface area contributed by atoms with Gasteiger partial charge in [0.2, 0.25) is 0 Å². The molecule has 4 heterocycles. The number of hydrogen-bond acceptors (Lipinski definition) is 5. The molecule has 5 rings (SSSR count). The molecule has 2 atom stereocenters. The van der Waals surface area contributed by atoms with Crippen LogP contribution in [-0.2, 0) is 24.2 Å². The van der Waals surface area contributed by atoms with Gasteiger partial charge in [-0.2, -0.15) is 5.10 Å². The summed E-state index contributed by atoms with van der Waals surface area (Å²) in [5, 5.41) is 17.7. The second-order valence-electron chi connectivity index (χ2n) is 10.5. The van der Waals surface area contributed by atoms with Crippen LogP contribution in [0, 0.1) is 5.92 Å². The molecule has 0 saturated carbocycles. The highest BCUT2D eigenvalue weighted by molar-refractivity contribution is 5.75. The van der Waals surface area contributed by atoms with E-state index in [9.17, 15) is 9.90 Å². The Morgan fingerprint density at radius 1 is 1.16 bits per heavy atom. The van der Waals surface area contributed by atoms with Gasteiger partial charge in [0.05, 0.1) is 12.2 Å². The molecular formula is C29H35F2N5O2. The molecule has 1 unspecified atom stereocenters. The molecule has 202 valence electrons. The molecule has 7 nitrogen and oxygen atoms in total. The summed E-state index contributed by atoms with van der Waals surface area (Å²) in [6.45, 7) is 1.81. The van der Waals surface area contributed by atoms with Crippen molar-refractivity contribution >= 4 is 11.8 Å². The van der Waals surface area contributed by atoms with Crippen molar-refractivity contribution in [2.24, 2.45) is 5.92 Å². The predicted octanol–water partition coefficient (Wildman–Crippen LogP) is 5.18. The fraction of sp³-hybridized carbons (Fsp3) is 0.483. The van der Waals surface area contributed by atoms with E-state index in [0.717, 1.165) is 36.5 Å². The van der Waals surface area contributed by atoms with Gasteiger partial charge in [0.15, 0.2) is 6.04 Å². The first-order chi connectivity index (χ1) is 18.4. The Labute approximate surface area is 221 Å². The summed E-state index contributed by atoms with van der Waals surface area (Å²) in [5.74, 6) is -3.83. The zero-order valence-electron chi connectivity index (χ0n) is 21.5. The van der Waals surface area contributed by atoms with Crippen LogP contribution >= 0.6 is 0 Å². The molecule has 1 saturated heterocycles. The van der Waals surface area contributed by atoms with Gasteiger partial charge < -0.3 is 10.4 Å². The maximum Gasteiger partial charge on any atom is 0.327 e. The lowest BCUT2D eigenvalue weighted by molar-refractivity contribution is -0.143. The van der Waals surface area contributed by atoms with E-state index in [2.05, 4.69) is 21.5 Å². The maximum atomic E-state index is 15.1. The highest BCUT2D eigenvalue weighted by Gasteiger charge is 2.45. The number of halogens is 2. The number of aliphatic carboxylic acids is 1. The number of nitrogens with zero attached hydrogens (tertiary/aromatic N) is 4. The van der Waals surface area contributed by atoms with Gasteiger partial charge in [-0.1, -0.05) is 36.4 Å². The number of aryl methyl sites for hydroxylation is 2. The maximum absolute atomic E-state index is 15.1. The van der Waals surface area contributed by atoms with Crippen LogP contribution in [0.15, 0.2) is 54.7 Å². The zero-order chi connectivity index (χ0) is 26.5. The average molecular weight is 524 g/mol. The standard InChI is InChI=1S/C29H35F2N5O2/c30-29(31,15-5-4-10-24-12-11-22-9-6-16-32-27(22)33-24)23-13-17-35(20-23)26(28(37)38)25-14-18-36(34-25)19-21-7-2-1-3-8-21/h1-3,7-8,11-12,14,18,23,26H,4-6,9-10,13,15-17,19-20H2,(H,32,33)(H,37,38)/t23-,26?/m1/s1. The molecule has 1 fully saturated rings. The van der Waals surface area contributed by atoms with Crippen molar-refractivity contribution in [2.45, 2.75) is 63.5 Å². The number of rotatable bonds is 11. The first kappa shape index (κ1) is 26.3. The summed E-state index contributed by atoms with van der Waals surface area (Å²) in [6, 6.07) is 14.5. The SMILES string of the molecule is O=C(O)C(c1ccn(Cc2ccccc2)n1)N1CC[C@@H](C(F)(F)CCCCc2ccc3c(n2)NCCC3)C1. The Balaban J connectivity index is 1.13. The van der Waals surface area contributed by atoms with Crippen molar-refractivity contribution in [3.05, 3.63) is 77.2 Å². The first-order valence-electron chi connectivity index (χ1n) is 13.5. The third-order valence-corrected chi connectivity index (χ3v) is 7.69. The van der Waals surface area contributed by atoms with Gasteiger partial charge in [0.1, 0.15) is 5.82 Å². The highest BCUT2D eigenvalue weighted by atomic mass is 19.3. The van der Waals surface area contributed by atoms with Gasteiger partial charge in [-0.25, -0.2) is 13.8 Å². The normalized spacial score (nSPS) is 18.6. The van der Waals surface area contributed by atoms with Gasteiger partial charge in [-0.05, 0) is 68.3 Å². The number of carboxylic acids is 1. The monoisotopic (exact) mass is 523 g/mol. The summed E-state index contributed by atoms with van der Waals surface area (Å²) < 4.78 is 32.0. The molecule has 38 heavy (non-hydrogen) atoms. The summed E-state index contributed by atoms with van der Waals surface area (Å²) >= 11 is 0. The number of anilines is 1. The van der Waals surface area contributed by atoms with Crippen LogP contribution < -0.4 is 5.32 Å². The van der Waals surface area contributed by atoms with E-state index in [1.807, 2.05) is 36.4 Å². The Morgan fingerprint density at radius 2 is 2.00 bits per heavy atom. The summed E-state index contributed by atoms with van der Waals surface area (Å²) in [7, 11) is 0. The molecule has 0 bridgehead atoms. The fourth-order valence-electron chi connectivity index (χ4n) is 5.60. The van der Waals surface area contributed by atoms with E-state index in [-0.39, 0.29) is 19.4 Å². The number of unbranched alkanes of at least 4 members (excludes halogenated alkanes) is 1. The third kappa shape index (κ3) is 6.20. The van der Waals surface area contributed by atoms with E-state index in [1.54, 1.807) is 21.8 Å². The highest BCUT2D eigenvalue weighted by Crippen LogP contribution is 2.39. The molecule has 0 aliphatic carbocycles. The smallest absolute Gasteiger partial charge is 0.327 e. The molecule has 2 aliphatic heterocycles. The fourth-order valence-corrected chi connectivity index (χ4v) is 5.60. The van der Waals surface area contributed by atoms with Crippen LogP contribution in [0.1, 0.15) is 60.7 Å². The number of likely N-dealkylation sites (tertiary alicyclic amines) is 1. The summed E-state index contributed by atoms with van der Waals surface area (Å²) in [6.07, 6.45) is 5.68. The molecule has 0 amide bonds. The summed E-state index contributed by atoms with van der Waals surface area (Å²) in [5.41, 5.74) is 3.59. The number of carbonyl (C=O) groups is 1. The number of carboxylic acid groups (broad SMARTS) is 1. The second-order valence-corrected chi connectivity index (χ2v) is 10.5. The Kier molecular flexibility index (Phi) is 8.02. The van der Waals surface area contributed by atoms with Crippen LogP contribution in [0.3, 0.4) is 0 Å². The van der Waals surface area contributed by atoms with Crippen molar-refractivity contribution in [1.29, 1.82) is 0 Å². The molecule has 0 radical (unpaired) electrons. The predicted molar refractivity (Wildman–Crippen MR) is 141 cm³/mol. The van der Waals surface area contributed by atoms with E-state index >= 15 is 8.78 Å². The number of aromatic nitrogens is 3. The third-order valence-electron chi connectivity index (χ3n) is 7.69. The van der Waals surface area contributed by atoms with Crippen LogP contribution in [0.2, 0.25) is 0 Å².